The minimum atomic E-state index is -3.50. The lowest BCUT2D eigenvalue weighted by Crippen LogP contribution is -2.31. The van der Waals surface area contributed by atoms with Crippen molar-refractivity contribution >= 4 is 27.3 Å². The molecule has 8 heteroatoms. The minimum Gasteiger partial charge on any atom is -0.399 e. The van der Waals surface area contributed by atoms with E-state index in [4.69, 9.17) is 5.73 Å². The average molecular weight is 393 g/mol. The van der Waals surface area contributed by atoms with E-state index in [1.165, 1.54) is 34.6 Å². The maximum absolute atomic E-state index is 13.0. The molecule has 0 radical (unpaired) electrons. The molecule has 0 spiro atoms. The fourth-order valence-corrected chi connectivity index (χ4v) is 3.72. The van der Waals surface area contributed by atoms with Gasteiger partial charge in [0.1, 0.15) is 5.82 Å². The molecule has 1 unspecified atom stereocenters. The van der Waals surface area contributed by atoms with Crippen LogP contribution in [0.3, 0.4) is 0 Å². The summed E-state index contributed by atoms with van der Waals surface area (Å²) in [5.74, 6) is -0.750. The summed E-state index contributed by atoms with van der Waals surface area (Å²) in [5.41, 5.74) is 7.53. The molecule has 146 valence electrons. The molecular weight excluding hydrogens is 369 g/mol. The smallest absolute Gasteiger partial charge is 0.251 e. The number of nitrogens with zero attached hydrogens (tertiary/aromatic N) is 1. The van der Waals surface area contributed by atoms with Gasteiger partial charge >= 0.3 is 0 Å². The molecule has 2 aromatic carbocycles. The van der Waals surface area contributed by atoms with Crippen molar-refractivity contribution in [3.05, 3.63) is 59.4 Å². The first kappa shape index (κ1) is 20.7. The Hall–Kier alpha value is -2.61. The fraction of sp³-hybridized carbons (Fsp3) is 0.316. The molecule has 0 fully saturated rings. The van der Waals surface area contributed by atoms with Gasteiger partial charge in [0.25, 0.3) is 5.91 Å². The molecule has 3 N–H and O–H groups in total. The van der Waals surface area contributed by atoms with Crippen LogP contribution in [0.1, 0.15) is 42.2 Å². The van der Waals surface area contributed by atoms with Crippen molar-refractivity contribution in [1.29, 1.82) is 0 Å². The lowest BCUT2D eigenvalue weighted by Gasteiger charge is -2.23. The number of benzene rings is 2. The van der Waals surface area contributed by atoms with E-state index < -0.39 is 15.9 Å². The highest BCUT2D eigenvalue weighted by Crippen LogP contribution is 2.24. The molecule has 2 rings (SSSR count). The molecule has 0 saturated carbocycles. The summed E-state index contributed by atoms with van der Waals surface area (Å²) < 4.78 is 38.4. The number of nitrogen functional groups attached to an aromatic ring is 1. The average Bonchev–Trinajstić information content (AvgIpc) is 2.58. The first-order valence-electron chi connectivity index (χ1n) is 8.56. The number of nitrogens with two attached hydrogens (primary N) is 1. The van der Waals surface area contributed by atoms with E-state index in [9.17, 15) is 17.6 Å². The summed E-state index contributed by atoms with van der Waals surface area (Å²) >= 11 is 0. The van der Waals surface area contributed by atoms with Gasteiger partial charge in [0.15, 0.2) is 0 Å². The van der Waals surface area contributed by atoms with Crippen LogP contribution in [0.15, 0.2) is 42.5 Å². The van der Waals surface area contributed by atoms with Gasteiger partial charge < -0.3 is 11.1 Å². The third-order valence-electron chi connectivity index (χ3n) is 4.03. The second-order valence-electron chi connectivity index (χ2n) is 6.40. The number of sulfonamides is 1. The van der Waals surface area contributed by atoms with Crippen molar-refractivity contribution in [2.75, 3.05) is 22.8 Å². The fourth-order valence-electron chi connectivity index (χ4n) is 2.71. The number of hydrogen-bond donors (Lipinski definition) is 2. The second-order valence-corrected chi connectivity index (χ2v) is 8.30. The van der Waals surface area contributed by atoms with Gasteiger partial charge in [-0.05, 0) is 49.2 Å². The van der Waals surface area contributed by atoms with Crippen molar-refractivity contribution in [1.82, 2.24) is 5.32 Å². The zero-order chi connectivity index (χ0) is 20.2. The zero-order valence-electron chi connectivity index (χ0n) is 15.6. The van der Waals surface area contributed by atoms with Crippen LogP contribution in [0.5, 0.6) is 0 Å². The van der Waals surface area contributed by atoms with Crippen LogP contribution in [0, 0.1) is 5.82 Å². The lowest BCUT2D eigenvalue weighted by molar-refractivity contribution is 0.0940. The highest BCUT2D eigenvalue weighted by atomic mass is 32.2. The van der Waals surface area contributed by atoms with E-state index in [0.717, 1.165) is 11.8 Å². The van der Waals surface area contributed by atoms with Crippen molar-refractivity contribution in [3.63, 3.8) is 0 Å². The first-order chi connectivity index (χ1) is 12.6. The Bertz CT molecular complexity index is 914. The number of amides is 1. The second kappa shape index (κ2) is 8.39. The topological polar surface area (TPSA) is 92.5 Å². The largest absolute Gasteiger partial charge is 0.399 e. The molecule has 0 aliphatic heterocycles. The Morgan fingerprint density at radius 2 is 1.85 bits per heavy atom. The van der Waals surface area contributed by atoms with Gasteiger partial charge in [-0.3, -0.25) is 9.10 Å². The quantitative estimate of drug-likeness (QED) is 0.707. The van der Waals surface area contributed by atoms with Crippen molar-refractivity contribution in [2.45, 2.75) is 26.3 Å². The highest BCUT2D eigenvalue weighted by Gasteiger charge is 2.19. The number of anilines is 2. The molecule has 0 aromatic heterocycles. The predicted octanol–water partition coefficient (Wildman–Crippen LogP) is 3.07. The number of hydrogen-bond acceptors (Lipinski definition) is 4. The summed E-state index contributed by atoms with van der Waals surface area (Å²) in [5, 5.41) is 2.81. The van der Waals surface area contributed by atoms with Gasteiger partial charge in [-0.2, -0.15) is 0 Å². The molecule has 0 saturated heterocycles. The third kappa shape index (κ3) is 5.43. The van der Waals surface area contributed by atoms with Gasteiger partial charge in [0.05, 0.1) is 18.0 Å². The van der Waals surface area contributed by atoms with E-state index in [1.54, 1.807) is 19.1 Å². The summed E-state index contributed by atoms with van der Waals surface area (Å²) in [4.78, 5) is 12.6. The Morgan fingerprint density at radius 3 is 2.41 bits per heavy atom. The van der Waals surface area contributed by atoms with Crippen LogP contribution in [0.2, 0.25) is 0 Å². The molecular formula is C19H24FN3O3S. The van der Waals surface area contributed by atoms with Crippen LogP contribution < -0.4 is 15.4 Å². The van der Waals surface area contributed by atoms with E-state index in [0.29, 0.717) is 12.1 Å². The summed E-state index contributed by atoms with van der Waals surface area (Å²) in [6, 6.07) is 10.00. The maximum atomic E-state index is 13.0. The molecule has 27 heavy (non-hydrogen) atoms. The lowest BCUT2D eigenvalue weighted by atomic mass is 10.1. The Morgan fingerprint density at radius 1 is 1.22 bits per heavy atom. The molecule has 2 aromatic rings. The number of halogens is 1. The van der Waals surface area contributed by atoms with E-state index >= 15 is 0 Å². The molecule has 6 nitrogen and oxygen atoms in total. The molecule has 1 amide bonds. The van der Waals surface area contributed by atoms with Crippen LogP contribution in [0.4, 0.5) is 15.8 Å². The van der Waals surface area contributed by atoms with Crippen LogP contribution in [-0.4, -0.2) is 27.1 Å². The summed E-state index contributed by atoms with van der Waals surface area (Å²) in [6.45, 7) is 3.93. The summed E-state index contributed by atoms with van der Waals surface area (Å²) in [6.07, 6.45) is 1.73. The Balaban J connectivity index is 2.28. The monoisotopic (exact) mass is 393 g/mol. The number of rotatable bonds is 7. The van der Waals surface area contributed by atoms with Gasteiger partial charge in [0.2, 0.25) is 10.0 Å². The van der Waals surface area contributed by atoms with E-state index in [2.05, 4.69) is 5.32 Å². The zero-order valence-corrected chi connectivity index (χ0v) is 16.4. The number of carbonyl (C=O) groups excluding carboxylic acids is 1. The van der Waals surface area contributed by atoms with Crippen LogP contribution in [-0.2, 0) is 10.0 Å². The first-order valence-corrected chi connectivity index (χ1v) is 10.4. The maximum Gasteiger partial charge on any atom is 0.251 e. The predicted molar refractivity (Wildman–Crippen MR) is 106 cm³/mol. The molecule has 0 aliphatic carbocycles. The van der Waals surface area contributed by atoms with Gasteiger partial charge in [0, 0.05) is 17.8 Å². The minimum absolute atomic E-state index is 0.253. The SMILES string of the molecule is CCCN(c1cc(N)cc(C(=O)NC(C)c2ccc(F)cc2)c1)S(C)(=O)=O. The van der Waals surface area contributed by atoms with E-state index in [1.807, 2.05) is 6.92 Å². The van der Waals surface area contributed by atoms with Gasteiger partial charge in [-0.15, -0.1) is 0 Å². The highest BCUT2D eigenvalue weighted by molar-refractivity contribution is 7.92. The third-order valence-corrected chi connectivity index (χ3v) is 5.23. The summed E-state index contributed by atoms with van der Waals surface area (Å²) in [7, 11) is -3.50. The van der Waals surface area contributed by atoms with Crippen molar-refractivity contribution in [3.8, 4) is 0 Å². The standard InChI is InChI=1S/C19H24FN3O3S/c1-4-9-23(27(3,25)26)18-11-15(10-17(21)12-18)19(24)22-13(2)14-5-7-16(20)8-6-14/h5-8,10-13H,4,9,21H2,1-3H3,(H,22,24). The molecule has 0 aliphatic rings. The Kier molecular flexibility index (Phi) is 6.43. The van der Waals surface area contributed by atoms with Gasteiger partial charge in [-0.25, -0.2) is 12.8 Å². The molecule has 1 atom stereocenters. The Labute approximate surface area is 159 Å². The van der Waals surface area contributed by atoms with Crippen LogP contribution in [0.25, 0.3) is 0 Å². The van der Waals surface area contributed by atoms with Gasteiger partial charge in [-0.1, -0.05) is 19.1 Å². The van der Waals surface area contributed by atoms with E-state index in [-0.39, 0.29) is 29.7 Å². The molecule has 0 heterocycles. The normalized spacial score (nSPS) is 12.4. The number of nitrogens with one attached hydrogen (secondary N) is 1. The number of carbonyl (C=O) groups is 1. The van der Waals surface area contributed by atoms with Crippen LogP contribution >= 0.6 is 0 Å². The van der Waals surface area contributed by atoms with Crippen molar-refractivity contribution < 1.29 is 17.6 Å². The molecule has 0 bridgehead atoms. The van der Waals surface area contributed by atoms with Crippen molar-refractivity contribution in [2.24, 2.45) is 0 Å².